The van der Waals surface area contributed by atoms with Crippen molar-refractivity contribution < 1.29 is 22.8 Å². The van der Waals surface area contributed by atoms with E-state index in [1.807, 2.05) is 43.9 Å². The first-order valence-corrected chi connectivity index (χ1v) is 12.1. The second-order valence-electron chi connectivity index (χ2n) is 9.81. The molecule has 0 unspecified atom stereocenters. The van der Waals surface area contributed by atoms with Crippen molar-refractivity contribution in [1.82, 2.24) is 0 Å². The van der Waals surface area contributed by atoms with Crippen LogP contribution >= 0.6 is 0 Å². The molecule has 2 amide bonds. The fourth-order valence-electron chi connectivity index (χ4n) is 5.50. The third kappa shape index (κ3) is 4.50. The van der Waals surface area contributed by atoms with Crippen LogP contribution in [0.15, 0.2) is 36.4 Å². The number of hydrogen-bond donors (Lipinski definition) is 1. The fraction of sp³-hybridized carbons (Fsp3) is 0.481. The number of rotatable bonds is 5. The summed E-state index contributed by atoms with van der Waals surface area (Å²) in [5.41, 5.74) is 1.36. The number of anilines is 3. The molecule has 35 heavy (non-hydrogen) atoms. The minimum atomic E-state index is -4.53. The van der Waals surface area contributed by atoms with Crippen LogP contribution in [0.2, 0.25) is 0 Å². The molecule has 2 fully saturated rings. The Morgan fingerprint density at radius 3 is 2.31 bits per heavy atom. The van der Waals surface area contributed by atoms with Crippen LogP contribution in [-0.2, 0) is 15.8 Å². The first-order valence-electron chi connectivity index (χ1n) is 12.1. The van der Waals surface area contributed by atoms with Crippen LogP contribution in [0.5, 0.6) is 0 Å². The van der Waals surface area contributed by atoms with Crippen LogP contribution < -0.4 is 15.1 Å². The van der Waals surface area contributed by atoms with Gasteiger partial charge in [-0.05, 0) is 62.4 Å². The maximum Gasteiger partial charge on any atom is 0.416 e. The summed E-state index contributed by atoms with van der Waals surface area (Å²) in [5.74, 6) is -1.20. The van der Waals surface area contributed by atoms with E-state index in [1.54, 1.807) is 17.9 Å². The largest absolute Gasteiger partial charge is 0.416 e. The molecule has 2 aromatic rings. The molecular formula is C27H32F3N3O2. The average Bonchev–Trinajstić information content (AvgIpc) is 3.42. The van der Waals surface area contributed by atoms with E-state index in [9.17, 15) is 22.8 Å². The van der Waals surface area contributed by atoms with E-state index >= 15 is 0 Å². The zero-order valence-electron chi connectivity index (χ0n) is 20.6. The summed E-state index contributed by atoms with van der Waals surface area (Å²) in [6.07, 6.45) is -2.31. The Labute approximate surface area is 204 Å². The van der Waals surface area contributed by atoms with Gasteiger partial charge in [0, 0.05) is 36.7 Å². The lowest BCUT2D eigenvalue weighted by molar-refractivity contribution is -0.137. The van der Waals surface area contributed by atoms with Crippen LogP contribution in [0.4, 0.5) is 30.2 Å². The summed E-state index contributed by atoms with van der Waals surface area (Å²) in [4.78, 5) is 30.6. The summed E-state index contributed by atoms with van der Waals surface area (Å²) in [5, 5.41) is 2.76. The number of aryl methyl sites for hydroxylation is 2. The molecule has 2 aliphatic heterocycles. The molecular weight excluding hydrogens is 455 g/mol. The topological polar surface area (TPSA) is 52.7 Å². The van der Waals surface area contributed by atoms with E-state index in [0.717, 1.165) is 41.8 Å². The molecule has 0 saturated carbocycles. The Morgan fingerprint density at radius 1 is 1.11 bits per heavy atom. The molecule has 4 rings (SSSR count). The van der Waals surface area contributed by atoms with E-state index in [1.165, 1.54) is 0 Å². The number of carbonyl (C=O) groups excluding carboxylic acids is 2. The SMILES string of the molecule is CC[C@@]1(C(=O)Nc2cc(N3CCCC3)cc(C(F)(F)F)c2)CN(c2c(C)cccc2C)C(=O)[C@H]1C. The maximum absolute atomic E-state index is 13.7. The molecule has 2 heterocycles. The van der Waals surface area contributed by atoms with Gasteiger partial charge in [0.15, 0.2) is 0 Å². The summed E-state index contributed by atoms with van der Waals surface area (Å²) < 4.78 is 41.0. The Hall–Kier alpha value is -3.03. The highest BCUT2D eigenvalue weighted by Crippen LogP contribution is 2.45. The van der Waals surface area contributed by atoms with Crippen LogP contribution in [0.25, 0.3) is 0 Å². The molecule has 0 aliphatic carbocycles. The van der Waals surface area contributed by atoms with Gasteiger partial charge in [-0.25, -0.2) is 0 Å². The molecule has 0 aromatic heterocycles. The minimum absolute atomic E-state index is 0.102. The van der Waals surface area contributed by atoms with Crippen molar-refractivity contribution in [2.24, 2.45) is 11.3 Å². The van der Waals surface area contributed by atoms with Crippen LogP contribution in [0, 0.1) is 25.2 Å². The van der Waals surface area contributed by atoms with Gasteiger partial charge in [0.1, 0.15) is 0 Å². The fourth-order valence-corrected chi connectivity index (χ4v) is 5.50. The summed E-state index contributed by atoms with van der Waals surface area (Å²) in [6, 6.07) is 9.49. The highest BCUT2D eigenvalue weighted by molar-refractivity contribution is 6.07. The number of carbonyl (C=O) groups is 2. The average molecular weight is 488 g/mol. The van der Waals surface area contributed by atoms with E-state index in [-0.39, 0.29) is 18.1 Å². The quantitative estimate of drug-likeness (QED) is 0.568. The predicted molar refractivity (Wildman–Crippen MR) is 132 cm³/mol. The van der Waals surface area contributed by atoms with Gasteiger partial charge in [-0.3, -0.25) is 9.59 Å². The predicted octanol–water partition coefficient (Wildman–Crippen LogP) is 5.94. The Bertz CT molecular complexity index is 1120. The van der Waals surface area contributed by atoms with Crippen molar-refractivity contribution in [3.63, 3.8) is 0 Å². The van der Waals surface area contributed by atoms with Crippen molar-refractivity contribution in [2.75, 3.05) is 34.8 Å². The third-order valence-corrected chi connectivity index (χ3v) is 7.67. The van der Waals surface area contributed by atoms with Gasteiger partial charge in [-0.15, -0.1) is 0 Å². The van der Waals surface area contributed by atoms with Crippen molar-refractivity contribution in [1.29, 1.82) is 0 Å². The second-order valence-corrected chi connectivity index (χ2v) is 9.81. The zero-order chi connectivity index (χ0) is 25.5. The lowest BCUT2D eigenvalue weighted by atomic mass is 9.75. The standard InChI is InChI=1S/C27H32F3N3O2/c1-5-26(16-33(24(34)19(26)4)23-17(2)9-8-10-18(23)3)25(35)31-21-13-20(27(28,29)30)14-22(15-21)32-11-6-7-12-32/h8-10,13-15,19H,5-7,11-12,16H2,1-4H3,(H,31,35)/t19-,26-/m1/s1. The molecule has 1 N–H and O–H groups in total. The van der Waals surface area contributed by atoms with Gasteiger partial charge in [0.25, 0.3) is 0 Å². The summed E-state index contributed by atoms with van der Waals surface area (Å²) >= 11 is 0. The number of nitrogens with one attached hydrogen (secondary N) is 1. The van der Waals surface area contributed by atoms with E-state index in [2.05, 4.69) is 5.32 Å². The van der Waals surface area contributed by atoms with Crippen molar-refractivity contribution in [3.8, 4) is 0 Å². The molecule has 2 atom stereocenters. The number of alkyl halides is 3. The first-order chi connectivity index (χ1) is 16.5. The number of benzene rings is 2. The Kier molecular flexibility index (Phi) is 6.60. The first kappa shape index (κ1) is 25.1. The molecule has 0 bridgehead atoms. The number of nitrogens with zero attached hydrogens (tertiary/aromatic N) is 2. The molecule has 2 aromatic carbocycles. The number of para-hydroxylation sites is 1. The molecule has 2 aliphatic rings. The maximum atomic E-state index is 13.7. The summed E-state index contributed by atoms with van der Waals surface area (Å²) in [7, 11) is 0. The van der Waals surface area contributed by atoms with E-state index in [4.69, 9.17) is 0 Å². The van der Waals surface area contributed by atoms with Crippen LogP contribution in [-0.4, -0.2) is 31.4 Å². The molecule has 8 heteroatoms. The lowest BCUT2D eigenvalue weighted by Gasteiger charge is -2.30. The van der Waals surface area contributed by atoms with Gasteiger partial charge < -0.3 is 15.1 Å². The molecule has 2 saturated heterocycles. The van der Waals surface area contributed by atoms with Crippen molar-refractivity contribution in [3.05, 3.63) is 53.1 Å². The Morgan fingerprint density at radius 2 is 1.74 bits per heavy atom. The second kappa shape index (κ2) is 9.21. The highest BCUT2D eigenvalue weighted by Gasteiger charge is 2.54. The van der Waals surface area contributed by atoms with E-state index < -0.39 is 29.0 Å². The molecule has 188 valence electrons. The smallest absolute Gasteiger partial charge is 0.371 e. The van der Waals surface area contributed by atoms with Crippen LogP contribution in [0.3, 0.4) is 0 Å². The van der Waals surface area contributed by atoms with Gasteiger partial charge in [-0.2, -0.15) is 13.2 Å². The van der Waals surface area contributed by atoms with E-state index in [0.29, 0.717) is 25.2 Å². The van der Waals surface area contributed by atoms with Crippen LogP contribution in [0.1, 0.15) is 49.8 Å². The molecule has 0 radical (unpaired) electrons. The number of hydrogen-bond acceptors (Lipinski definition) is 3. The van der Waals surface area contributed by atoms with Crippen molar-refractivity contribution >= 4 is 28.9 Å². The van der Waals surface area contributed by atoms with Gasteiger partial charge in [-0.1, -0.05) is 32.0 Å². The lowest BCUT2D eigenvalue weighted by Crippen LogP contribution is -2.42. The number of amides is 2. The molecule has 0 spiro atoms. The zero-order valence-corrected chi connectivity index (χ0v) is 20.6. The summed E-state index contributed by atoms with van der Waals surface area (Å²) in [6.45, 7) is 8.98. The van der Waals surface area contributed by atoms with Crippen molar-refractivity contribution in [2.45, 2.75) is 53.1 Å². The Balaban J connectivity index is 1.68. The molecule has 5 nitrogen and oxygen atoms in total. The van der Waals surface area contributed by atoms with Gasteiger partial charge >= 0.3 is 6.18 Å². The van der Waals surface area contributed by atoms with Gasteiger partial charge in [0.05, 0.1) is 16.9 Å². The van der Waals surface area contributed by atoms with Gasteiger partial charge in [0.2, 0.25) is 11.8 Å². The minimum Gasteiger partial charge on any atom is -0.371 e. The number of halogens is 3. The normalized spacial score (nSPS) is 22.7. The highest BCUT2D eigenvalue weighted by atomic mass is 19.4. The monoisotopic (exact) mass is 487 g/mol. The third-order valence-electron chi connectivity index (χ3n) is 7.67.